The van der Waals surface area contributed by atoms with E-state index in [-0.39, 0.29) is 30.7 Å². The van der Waals surface area contributed by atoms with Crippen LogP contribution in [0.4, 0.5) is 9.52 Å². The lowest BCUT2D eigenvalue weighted by Crippen LogP contribution is -2.36. The number of ether oxygens (including phenoxy) is 1. The first-order chi connectivity index (χ1) is 13.8. The number of carbonyl (C=O) groups is 1. The van der Waals surface area contributed by atoms with Gasteiger partial charge in [0.05, 0.1) is 10.2 Å². The first-order valence-corrected chi connectivity index (χ1v) is 10.4. The van der Waals surface area contributed by atoms with Crippen LogP contribution in [0.15, 0.2) is 36.4 Å². The third-order valence-corrected chi connectivity index (χ3v) is 5.81. The number of thiazole rings is 1. The average Bonchev–Trinajstić information content (AvgIpc) is 3.12. The minimum atomic E-state index is -0.339. The Morgan fingerprint density at radius 2 is 1.80 bits per heavy atom. The molecule has 30 heavy (non-hydrogen) atoms. The number of rotatable bonds is 8. The fourth-order valence-corrected chi connectivity index (χ4v) is 4.02. The number of nitrogens with zero attached hydrogens (tertiary/aromatic N) is 3. The highest BCUT2D eigenvalue weighted by molar-refractivity contribution is 7.22. The second kappa shape index (κ2) is 10.7. The number of halogens is 2. The van der Waals surface area contributed by atoms with Crippen LogP contribution in [0.2, 0.25) is 0 Å². The van der Waals surface area contributed by atoms with Gasteiger partial charge >= 0.3 is 0 Å². The normalized spacial score (nSPS) is 10.9. The van der Waals surface area contributed by atoms with Crippen molar-refractivity contribution in [2.75, 3.05) is 38.7 Å². The van der Waals surface area contributed by atoms with Gasteiger partial charge in [-0.1, -0.05) is 17.4 Å². The van der Waals surface area contributed by atoms with Gasteiger partial charge < -0.3 is 9.64 Å². The van der Waals surface area contributed by atoms with Crippen LogP contribution in [0.25, 0.3) is 10.2 Å². The molecule has 8 heteroatoms. The molecule has 0 aliphatic carbocycles. The van der Waals surface area contributed by atoms with Crippen molar-refractivity contribution in [1.29, 1.82) is 0 Å². The Labute approximate surface area is 186 Å². The van der Waals surface area contributed by atoms with Gasteiger partial charge in [0.15, 0.2) is 11.7 Å². The highest BCUT2D eigenvalue weighted by Gasteiger charge is 2.21. The Balaban J connectivity index is 0.00000320. The van der Waals surface area contributed by atoms with E-state index in [9.17, 15) is 9.18 Å². The van der Waals surface area contributed by atoms with Gasteiger partial charge in [-0.25, -0.2) is 9.37 Å². The number of fused-ring (bicyclic) bond motifs is 1. The molecule has 162 valence electrons. The SMILES string of the molecule is Cc1ccc2sc(N(CCCN(C)C)C(=O)COc3ccc(F)cc3)nc2c1C.Cl. The summed E-state index contributed by atoms with van der Waals surface area (Å²) in [7, 11) is 4.02. The number of aromatic nitrogens is 1. The van der Waals surface area contributed by atoms with Crippen LogP contribution in [-0.4, -0.2) is 49.6 Å². The van der Waals surface area contributed by atoms with Crippen molar-refractivity contribution in [1.82, 2.24) is 9.88 Å². The Bertz CT molecular complexity index is 992. The Morgan fingerprint density at radius 1 is 1.10 bits per heavy atom. The van der Waals surface area contributed by atoms with Crippen LogP contribution in [0, 0.1) is 19.7 Å². The fourth-order valence-electron chi connectivity index (χ4n) is 2.96. The lowest BCUT2D eigenvalue weighted by molar-refractivity contribution is -0.120. The molecular weight excluding hydrogens is 425 g/mol. The third-order valence-electron chi connectivity index (χ3n) is 4.77. The summed E-state index contributed by atoms with van der Waals surface area (Å²) < 4.78 is 19.7. The molecule has 1 aromatic heterocycles. The van der Waals surface area contributed by atoms with E-state index in [4.69, 9.17) is 9.72 Å². The maximum Gasteiger partial charge on any atom is 0.266 e. The van der Waals surface area contributed by atoms with Gasteiger partial charge in [-0.15, -0.1) is 12.4 Å². The van der Waals surface area contributed by atoms with Crippen LogP contribution in [0.5, 0.6) is 5.75 Å². The zero-order valence-electron chi connectivity index (χ0n) is 17.6. The molecule has 0 saturated carbocycles. The maximum absolute atomic E-state index is 13.1. The van der Waals surface area contributed by atoms with Gasteiger partial charge in [0, 0.05) is 6.54 Å². The van der Waals surface area contributed by atoms with E-state index in [0.29, 0.717) is 17.4 Å². The van der Waals surface area contributed by atoms with Crippen molar-refractivity contribution in [3.8, 4) is 5.75 Å². The van der Waals surface area contributed by atoms with E-state index in [1.54, 1.807) is 4.90 Å². The summed E-state index contributed by atoms with van der Waals surface area (Å²) in [5.74, 6) is -0.0422. The van der Waals surface area contributed by atoms with E-state index in [0.717, 1.165) is 28.7 Å². The van der Waals surface area contributed by atoms with Crippen LogP contribution in [-0.2, 0) is 4.79 Å². The Morgan fingerprint density at radius 3 is 2.47 bits per heavy atom. The van der Waals surface area contributed by atoms with Gasteiger partial charge in [0.2, 0.25) is 0 Å². The molecule has 0 aliphatic heterocycles. The molecule has 1 heterocycles. The van der Waals surface area contributed by atoms with E-state index in [1.807, 2.05) is 14.1 Å². The number of benzene rings is 2. The lowest BCUT2D eigenvalue weighted by atomic mass is 10.1. The summed E-state index contributed by atoms with van der Waals surface area (Å²) in [4.78, 5) is 21.5. The van der Waals surface area contributed by atoms with E-state index >= 15 is 0 Å². The van der Waals surface area contributed by atoms with E-state index in [1.165, 1.54) is 41.2 Å². The molecular formula is C22H27ClFN3O2S. The monoisotopic (exact) mass is 451 g/mol. The summed E-state index contributed by atoms with van der Waals surface area (Å²) in [5.41, 5.74) is 3.25. The minimum Gasteiger partial charge on any atom is -0.484 e. The summed E-state index contributed by atoms with van der Waals surface area (Å²) in [5, 5.41) is 0.681. The molecule has 0 N–H and O–H groups in total. The topological polar surface area (TPSA) is 45.7 Å². The first kappa shape index (κ1) is 24.1. The molecule has 0 atom stereocenters. The van der Waals surface area contributed by atoms with E-state index < -0.39 is 0 Å². The Kier molecular flexibility index (Phi) is 8.58. The molecule has 0 spiro atoms. The smallest absolute Gasteiger partial charge is 0.266 e. The zero-order chi connectivity index (χ0) is 21.0. The molecule has 0 saturated heterocycles. The van der Waals surface area contributed by atoms with Gasteiger partial charge in [-0.3, -0.25) is 9.69 Å². The highest BCUT2D eigenvalue weighted by atomic mass is 35.5. The minimum absolute atomic E-state index is 0. The first-order valence-electron chi connectivity index (χ1n) is 9.55. The number of anilines is 1. The Hall–Kier alpha value is -2.22. The van der Waals surface area contributed by atoms with Gasteiger partial charge in [0.25, 0.3) is 5.91 Å². The predicted octanol–water partition coefficient (Wildman–Crippen LogP) is 4.84. The summed E-state index contributed by atoms with van der Waals surface area (Å²) in [6.45, 7) is 5.41. The summed E-state index contributed by atoms with van der Waals surface area (Å²) in [6, 6.07) is 9.79. The molecule has 2 aromatic carbocycles. The average molecular weight is 452 g/mol. The molecule has 3 aromatic rings. The fraction of sp³-hybridized carbons (Fsp3) is 0.364. The number of amides is 1. The van der Waals surface area contributed by atoms with Crippen molar-refractivity contribution in [2.24, 2.45) is 0 Å². The molecule has 0 fully saturated rings. The van der Waals surface area contributed by atoms with Gasteiger partial charge in [-0.2, -0.15) is 0 Å². The number of aryl methyl sites for hydroxylation is 2. The second-order valence-electron chi connectivity index (χ2n) is 7.30. The molecule has 1 amide bonds. The molecule has 5 nitrogen and oxygen atoms in total. The van der Waals surface area contributed by atoms with Gasteiger partial charge in [-0.05, 0) is 82.4 Å². The number of hydrogen-bond acceptors (Lipinski definition) is 5. The summed E-state index contributed by atoms with van der Waals surface area (Å²) >= 11 is 1.51. The van der Waals surface area contributed by atoms with Crippen LogP contribution in [0.3, 0.4) is 0 Å². The lowest BCUT2D eigenvalue weighted by Gasteiger charge is -2.21. The second-order valence-corrected chi connectivity index (χ2v) is 8.30. The van der Waals surface area contributed by atoms with Crippen molar-refractivity contribution in [3.05, 3.63) is 53.3 Å². The number of hydrogen-bond donors (Lipinski definition) is 0. The molecule has 0 radical (unpaired) electrons. The van der Waals surface area contributed by atoms with Crippen molar-refractivity contribution >= 4 is 45.0 Å². The van der Waals surface area contributed by atoms with Crippen molar-refractivity contribution in [2.45, 2.75) is 20.3 Å². The van der Waals surface area contributed by atoms with Crippen LogP contribution in [0.1, 0.15) is 17.5 Å². The van der Waals surface area contributed by atoms with E-state index in [2.05, 4.69) is 30.9 Å². The predicted molar refractivity (Wildman–Crippen MR) is 124 cm³/mol. The molecule has 0 unspecified atom stereocenters. The highest BCUT2D eigenvalue weighted by Crippen LogP contribution is 2.32. The molecule has 0 aliphatic rings. The third kappa shape index (κ3) is 5.90. The number of carbonyl (C=O) groups excluding carboxylic acids is 1. The molecule has 3 rings (SSSR count). The zero-order valence-corrected chi connectivity index (χ0v) is 19.3. The molecule has 0 bridgehead atoms. The van der Waals surface area contributed by atoms with Crippen molar-refractivity contribution < 1.29 is 13.9 Å². The summed E-state index contributed by atoms with van der Waals surface area (Å²) in [6.07, 6.45) is 0.823. The largest absolute Gasteiger partial charge is 0.484 e. The van der Waals surface area contributed by atoms with Crippen LogP contribution >= 0.6 is 23.7 Å². The maximum atomic E-state index is 13.1. The quantitative estimate of drug-likeness (QED) is 0.491. The van der Waals surface area contributed by atoms with Crippen LogP contribution < -0.4 is 9.64 Å². The van der Waals surface area contributed by atoms with Crippen molar-refractivity contribution in [3.63, 3.8) is 0 Å². The standard InChI is InChI=1S/C22H26FN3O2S.ClH/c1-15-6-11-19-21(16(15)2)24-22(29-19)26(13-5-12-25(3)4)20(27)14-28-18-9-7-17(23)8-10-18;/h6-11H,5,12-14H2,1-4H3;1H. The van der Waals surface area contributed by atoms with Gasteiger partial charge in [0.1, 0.15) is 11.6 Å².